The predicted molar refractivity (Wildman–Crippen MR) is 79.8 cm³/mol. The molecule has 1 unspecified atom stereocenters. The highest BCUT2D eigenvalue weighted by Crippen LogP contribution is 2.38. The molecule has 1 heterocycles. The minimum Gasteiger partial charge on any atom is -0.367 e. The Bertz CT molecular complexity index is 385. The second-order valence-electron chi connectivity index (χ2n) is 6.09. The van der Waals surface area contributed by atoms with Gasteiger partial charge in [-0.1, -0.05) is 23.3 Å². The molecule has 1 aliphatic rings. The molecule has 0 aromatic carbocycles. The second-order valence-corrected chi connectivity index (χ2v) is 6.09. The van der Waals surface area contributed by atoms with E-state index in [1.165, 1.54) is 11.1 Å². The Balaban J connectivity index is 2.14. The molecule has 0 saturated carbocycles. The summed E-state index contributed by atoms with van der Waals surface area (Å²) < 4.78 is 5.59. The van der Waals surface area contributed by atoms with Crippen LogP contribution in [-0.4, -0.2) is 11.7 Å². The minimum absolute atomic E-state index is 0.125. The van der Waals surface area contributed by atoms with Crippen molar-refractivity contribution in [2.45, 2.75) is 77.9 Å². The van der Waals surface area contributed by atoms with Crippen LogP contribution in [0.2, 0.25) is 0 Å². The molecule has 2 heteroatoms. The SMILES string of the molecule is CC(=CCC/C(C)=C/CCC#N)CCC1OC1(C)C. The quantitative estimate of drug-likeness (QED) is 0.353. The molecular weight excluding hydrogens is 234 g/mol. The third-order valence-electron chi connectivity index (χ3n) is 3.75. The second kappa shape index (κ2) is 7.50. The maximum atomic E-state index is 8.47. The molecule has 19 heavy (non-hydrogen) atoms. The number of hydrogen-bond donors (Lipinski definition) is 0. The van der Waals surface area contributed by atoms with E-state index in [-0.39, 0.29) is 5.60 Å². The first-order chi connectivity index (χ1) is 8.95. The lowest BCUT2D eigenvalue weighted by atomic mass is 10.0. The lowest BCUT2D eigenvalue weighted by Gasteiger charge is -2.02. The van der Waals surface area contributed by atoms with Crippen LogP contribution in [0.5, 0.6) is 0 Å². The van der Waals surface area contributed by atoms with Crippen LogP contribution in [0.25, 0.3) is 0 Å². The van der Waals surface area contributed by atoms with Crippen LogP contribution in [0.3, 0.4) is 0 Å². The van der Waals surface area contributed by atoms with Crippen LogP contribution < -0.4 is 0 Å². The molecule has 0 amide bonds. The highest BCUT2D eigenvalue weighted by Gasteiger charge is 2.46. The maximum absolute atomic E-state index is 8.47. The molecule has 0 aromatic heterocycles. The Kier molecular flexibility index (Phi) is 6.31. The van der Waals surface area contributed by atoms with Crippen molar-refractivity contribution in [1.82, 2.24) is 0 Å². The summed E-state index contributed by atoms with van der Waals surface area (Å²) >= 11 is 0. The number of nitriles is 1. The van der Waals surface area contributed by atoms with Crippen LogP contribution in [0, 0.1) is 11.3 Å². The van der Waals surface area contributed by atoms with Crippen molar-refractivity contribution in [2.24, 2.45) is 0 Å². The number of rotatable bonds is 8. The summed E-state index contributed by atoms with van der Waals surface area (Å²) in [7, 11) is 0. The van der Waals surface area contributed by atoms with E-state index < -0.39 is 0 Å². The fraction of sp³-hybridized carbons (Fsp3) is 0.706. The van der Waals surface area contributed by atoms with Gasteiger partial charge < -0.3 is 4.74 Å². The molecule has 0 spiro atoms. The van der Waals surface area contributed by atoms with Gasteiger partial charge in [0, 0.05) is 6.42 Å². The Morgan fingerprint density at radius 2 is 1.74 bits per heavy atom. The Morgan fingerprint density at radius 3 is 2.32 bits per heavy atom. The summed E-state index contributed by atoms with van der Waals surface area (Å²) in [4.78, 5) is 0. The van der Waals surface area contributed by atoms with Crippen molar-refractivity contribution in [3.05, 3.63) is 23.3 Å². The summed E-state index contributed by atoms with van der Waals surface area (Å²) in [5.41, 5.74) is 2.99. The monoisotopic (exact) mass is 261 g/mol. The summed E-state index contributed by atoms with van der Waals surface area (Å²) in [6.07, 6.45) is 11.0. The van der Waals surface area contributed by atoms with Crippen molar-refractivity contribution >= 4 is 0 Å². The standard InChI is InChI=1S/C17H27NO/c1-14(8-5-6-13-18)9-7-10-15(2)11-12-16-17(3,4)19-16/h8,10,16H,5-7,9,11-12H2,1-4H3/b14-8+,15-10?. The summed E-state index contributed by atoms with van der Waals surface area (Å²) in [5.74, 6) is 0. The van der Waals surface area contributed by atoms with Gasteiger partial charge in [-0.25, -0.2) is 0 Å². The van der Waals surface area contributed by atoms with Crippen molar-refractivity contribution in [2.75, 3.05) is 0 Å². The molecule has 1 saturated heterocycles. The van der Waals surface area contributed by atoms with Gasteiger partial charge in [-0.3, -0.25) is 0 Å². The average molecular weight is 261 g/mol. The molecule has 1 rings (SSSR count). The molecule has 0 bridgehead atoms. The Morgan fingerprint density at radius 1 is 1.16 bits per heavy atom. The number of epoxide rings is 1. The summed E-state index contributed by atoms with van der Waals surface area (Å²) in [6.45, 7) is 8.68. The number of nitrogens with zero attached hydrogens (tertiary/aromatic N) is 1. The van der Waals surface area contributed by atoms with Crippen LogP contribution in [0.4, 0.5) is 0 Å². The normalized spacial score (nSPS) is 22.2. The van der Waals surface area contributed by atoms with Gasteiger partial charge in [-0.15, -0.1) is 0 Å². The van der Waals surface area contributed by atoms with E-state index in [4.69, 9.17) is 10.00 Å². The van der Waals surface area contributed by atoms with E-state index in [9.17, 15) is 0 Å². The molecule has 0 aromatic rings. The van der Waals surface area contributed by atoms with E-state index in [0.29, 0.717) is 12.5 Å². The molecule has 0 radical (unpaired) electrons. The topological polar surface area (TPSA) is 36.3 Å². The highest BCUT2D eigenvalue weighted by molar-refractivity contribution is 5.05. The van der Waals surface area contributed by atoms with E-state index in [1.807, 2.05) is 0 Å². The largest absolute Gasteiger partial charge is 0.367 e. The van der Waals surface area contributed by atoms with Crippen LogP contribution in [-0.2, 0) is 4.74 Å². The first-order valence-corrected chi connectivity index (χ1v) is 7.31. The molecule has 2 nitrogen and oxygen atoms in total. The lowest BCUT2D eigenvalue weighted by Crippen LogP contribution is -2.02. The van der Waals surface area contributed by atoms with Crippen molar-refractivity contribution in [3.8, 4) is 6.07 Å². The predicted octanol–water partition coefficient (Wildman–Crippen LogP) is 4.92. The van der Waals surface area contributed by atoms with E-state index >= 15 is 0 Å². The molecule has 1 fully saturated rings. The summed E-state index contributed by atoms with van der Waals surface area (Å²) in [5, 5.41) is 8.47. The molecule has 1 atom stereocenters. The number of ether oxygens (including phenoxy) is 1. The van der Waals surface area contributed by atoms with Crippen molar-refractivity contribution in [3.63, 3.8) is 0 Å². The van der Waals surface area contributed by atoms with Crippen LogP contribution >= 0.6 is 0 Å². The zero-order chi connectivity index (χ0) is 14.3. The minimum atomic E-state index is 0.125. The van der Waals surface area contributed by atoms with Gasteiger partial charge in [0.05, 0.1) is 17.8 Å². The molecule has 0 N–H and O–H groups in total. The van der Waals surface area contributed by atoms with E-state index in [2.05, 4.69) is 45.9 Å². The van der Waals surface area contributed by atoms with Gasteiger partial charge in [0.15, 0.2) is 0 Å². The third-order valence-corrected chi connectivity index (χ3v) is 3.75. The van der Waals surface area contributed by atoms with E-state index in [1.54, 1.807) is 0 Å². The Hall–Kier alpha value is -1.07. The molecule has 1 aliphatic heterocycles. The number of unbranched alkanes of at least 4 members (excludes halogenated alkanes) is 1. The van der Waals surface area contributed by atoms with Crippen LogP contribution in [0.15, 0.2) is 23.3 Å². The zero-order valence-corrected chi connectivity index (χ0v) is 12.8. The average Bonchev–Trinajstić information content (AvgIpc) is 2.95. The maximum Gasteiger partial charge on any atom is 0.0892 e. The lowest BCUT2D eigenvalue weighted by molar-refractivity contribution is 0.320. The zero-order valence-electron chi connectivity index (χ0n) is 12.8. The number of allylic oxidation sites excluding steroid dienone is 4. The first-order valence-electron chi connectivity index (χ1n) is 7.31. The molecular formula is C17H27NO. The van der Waals surface area contributed by atoms with E-state index in [0.717, 1.165) is 32.1 Å². The van der Waals surface area contributed by atoms with Crippen molar-refractivity contribution < 1.29 is 4.74 Å². The molecule has 106 valence electrons. The third kappa shape index (κ3) is 6.59. The smallest absolute Gasteiger partial charge is 0.0892 e. The summed E-state index contributed by atoms with van der Waals surface area (Å²) in [6, 6.07) is 2.17. The fourth-order valence-electron chi connectivity index (χ4n) is 2.23. The molecule has 0 aliphatic carbocycles. The first kappa shape index (κ1) is 16.0. The van der Waals surface area contributed by atoms with Crippen molar-refractivity contribution in [1.29, 1.82) is 5.26 Å². The number of hydrogen-bond acceptors (Lipinski definition) is 2. The van der Waals surface area contributed by atoms with Gasteiger partial charge in [-0.05, 0) is 59.8 Å². The van der Waals surface area contributed by atoms with Gasteiger partial charge in [0.25, 0.3) is 0 Å². The highest BCUT2D eigenvalue weighted by atomic mass is 16.6. The van der Waals surface area contributed by atoms with Crippen LogP contribution in [0.1, 0.15) is 66.2 Å². The van der Waals surface area contributed by atoms with Gasteiger partial charge in [-0.2, -0.15) is 5.26 Å². The Labute approximate surface area is 118 Å². The van der Waals surface area contributed by atoms with Gasteiger partial charge in [0.1, 0.15) is 0 Å². The fourth-order valence-corrected chi connectivity index (χ4v) is 2.23. The van der Waals surface area contributed by atoms with Gasteiger partial charge in [0.2, 0.25) is 0 Å². The van der Waals surface area contributed by atoms with Gasteiger partial charge >= 0.3 is 0 Å².